The maximum atomic E-state index is 8.84. The first-order valence-corrected chi connectivity index (χ1v) is 23.7. The first-order valence-electron chi connectivity index (χ1n) is 19.2. The molecule has 4 aliphatic carbocycles. The van der Waals surface area contributed by atoms with Crippen molar-refractivity contribution in [3.63, 3.8) is 0 Å². The molecule has 9 aliphatic rings. The number of hydrogen-bond donors (Lipinski definition) is 8. The molecule has 51 heavy (non-hydrogen) atoms. The first kappa shape index (κ1) is 41.2. The summed E-state index contributed by atoms with van der Waals surface area (Å²) >= 11 is 0. The fraction of sp³-hybridized carbons (Fsp3) is 1.00. The Bertz CT molecular complexity index is 1140. The van der Waals surface area contributed by atoms with E-state index in [1.54, 1.807) is 0 Å². The van der Waals surface area contributed by atoms with Crippen LogP contribution in [0.3, 0.4) is 0 Å². The van der Waals surface area contributed by atoms with Crippen LogP contribution in [0.15, 0.2) is 0 Å². The molecular weight excluding hydrogens is 786 g/mol. The summed E-state index contributed by atoms with van der Waals surface area (Å²) in [4.78, 5) is 0. The van der Waals surface area contributed by atoms with Gasteiger partial charge in [0.1, 0.15) is 0 Å². The van der Waals surface area contributed by atoms with Crippen molar-refractivity contribution in [1.82, 2.24) is 42.5 Å². The van der Waals surface area contributed by atoms with Crippen LogP contribution in [-0.4, -0.2) is 75.3 Å². The Hall–Kier alpha value is 0.574. The molecule has 5 aliphatic heterocycles. The molecule has 8 N–H and O–H groups in total. The van der Waals surface area contributed by atoms with Gasteiger partial charge < -0.3 is 9.11 Å². The maximum Gasteiger partial charge on any atom is 2.00 e. The van der Waals surface area contributed by atoms with Gasteiger partial charge in [0, 0.05) is 21.4 Å². The zero-order valence-electron chi connectivity index (χ0n) is 28.9. The van der Waals surface area contributed by atoms with Crippen LogP contribution in [0.4, 0.5) is 0 Å². The van der Waals surface area contributed by atoms with Gasteiger partial charge in [-0.25, -0.2) is 16.8 Å². The van der Waals surface area contributed by atoms with Gasteiger partial charge in [-0.3, -0.25) is 42.5 Å². The smallest absolute Gasteiger partial charge is 0.735 e. The molecule has 5 saturated heterocycles. The second-order valence-corrected chi connectivity index (χ2v) is 20.2. The van der Waals surface area contributed by atoms with E-state index in [-0.39, 0.29) is 16.5 Å². The molecule has 8 atom stereocenters. The summed E-state index contributed by atoms with van der Waals surface area (Å²) in [6.45, 7) is 0. The van der Waals surface area contributed by atoms with Crippen LogP contribution in [0.2, 0.25) is 0 Å². The summed E-state index contributed by atoms with van der Waals surface area (Å²) in [5, 5.41) is 33.8. The number of fused-ring (bicyclic) bond motifs is 20. The molecule has 0 aromatic carbocycles. The third kappa shape index (κ3) is 10.1. The van der Waals surface area contributed by atoms with E-state index in [1.807, 2.05) is 0 Å². The van der Waals surface area contributed by atoms with Gasteiger partial charge in [0.15, 0.2) is 18.7 Å². The molecule has 0 radical (unpaired) electrons. The van der Waals surface area contributed by atoms with E-state index in [4.69, 9.17) is 25.9 Å². The third-order valence-corrected chi connectivity index (χ3v) is 13.8. The first-order chi connectivity index (χ1) is 23.8. The summed E-state index contributed by atoms with van der Waals surface area (Å²) in [7, 11) is -0.995. The average molecular weight is 843 g/mol. The zero-order valence-corrected chi connectivity index (χ0v) is 33.0. The molecule has 0 aromatic heterocycles. The standard InChI is InChI=1S/C32H56N8.2ClHO3S.Ni/c1-2-10-18-17(9-1)25-33-26(18)38-28-21-13-5-6-14-22(21)30(35-28)40-32-24-16-8-7-15-23(24)31(36-32)39-29-20-12-4-3-11-19(20)27(34-29)37-25;2*1-5(2,3)4;/h17-40H,1-16H2;2*(H,2,3,4);/q;;;+2/p-2. The molecule has 0 aromatic rings. The van der Waals surface area contributed by atoms with Gasteiger partial charge in [-0.1, -0.05) is 51.4 Å². The molecule has 5 heterocycles. The Morgan fingerprint density at radius 3 is 0.529 bits per heavy atom. The number of rotatable bonds is 0. The largest absolute Gasteiger partial charge is 2.00 e. The van der Waals surface area contributed by atoms with Crippen LogP contribution in [0.5, 0.6) is 0 Å². The van der Waals surface area contributed by atoms with Crippen LogP contribution in [0, 0.1) is 47.3 Å². The normalized spacial score (nSPS) is 47.5. The van der Waals surface area contributed by atoms with Crippen molar-refractivity contribution in [3.8, 4) is 0 Å². The maximum absolute atomic E-state index is 8.84. The van der Waals surface area contributed by atoms with Gasteiger partial charge in [0.05, 0.1) is 49.3 Å². The van der Waals surface area contributed by atoms with Crippen molar-refractivity contribution >= 4 is 40.0 Å². The van der Waals surface area contributed by atoms with Gasteiger partial charge >= 0.3 is 16.5 Å². The Kier molecular flexibility index (Phi) is 14.0. The molecule has 4 saturated carbocycles. The number of hydrogen-bond acceptors (Lipinski definition) is 14. The van der Waals surface area contributed by atoms with Gasteiger partial charge in [-0.2, -0.15) is 0 Å². The van der Waals surface area contributed by atoms with Crippen LogP contribution >= 0.6 is 21.4 Å². The Labute approximate surface area is 322 Å². The van der Waals surface area contributed by atoms with E-state index in [2.05, 4.69) is 63.9 Å². The van der Waals surface area contributed by atoms with Crippen molar-refractivity contribution in [3.05, 3.63) is 0 Å². The number of halogens is 2. The van der Waals surface area contributed by atoms with Crippen molar-refractivity contribution in [2.45, 2.75) is 152 Å². The van der Waals surface area contributed by atoms with Crippen molar-refractivity contribution in [2.24, 2.45) is 47.3 Å². The molecule has 9 fully saturated rings. The third-order valence-electron chi connectivity index (χ3n) is 13.8. The van der Waals surface area contributed by atoms with Gasteiger partial charge in [0.2, 0.25) is 0 Å². The minimum atomic E-state index is -4.44. The van der Waals surface area contributed by atoms with Crippen LogP contribution in [0.25, 0.3) is 0 Å². The minimum absolute atomic E-state index is 0. The van der Waals surface area contributed by atoms with Gasteiger partial charge in [-0.15, -0.1) is 0 Å². The van der Waals surface area contributed by atoms with E-state index in [1.165, 1.54) is 103 Å². The fourth-order valence-electron chi connectivity index (χ4n) is 12.0. The van der Waals surface area contributed by atoms with E-state index in [9.17, 15) is 0 Å². The summed E-state index contributed by atoms with van der Waals surface area (Å²) in [6, 6.07) is 0. The molecular formula is C32H56Cl2N8NiO6S2. The fourth-order valence-corrected chi connectivity index (χ4v) is 12.0. The molecule has 8 unspecified atom stereocenters. The van der Waals surface area contributed by atoms with Crippen LogP contribution < -0.4 is 42.5 Å². The molecule has 0 amide bonds. The predicted molar refractivity (Wildman–Crippen MR) is 188 cm³/mol. The van der Waals surface area contributed by atoms with E-state index in [0.29, 0.717) is 49.3 Å². The van der Waals surface area contributed by atoms with Crippen molar-refractivity contribution < 1.29 is 42.4 Å². The van der Waals surface area contributed by atoms with Crippen LogP contribution in [-0.2, 0) is 35.2 Å². The summed E-state index contributed by atoms with van der Waals surface area (Å²) < 4.78 is 53.1. The Morgan fingerprint density at radius 2 is 0.431 bits per heavy atom. The Balaban J connectivity index is 0.000000363. The monoisotopic (exact) mass is 840 g/mol. The minimum Gasteiger partial charge on any atom is -0.735 e. The predicted octanol–water partition coefficient (Wildman–Crippen LogP) is 1.97. The zero-order chi connectivity index (χ0) is 35.2. The summed E-state index contributed by atoms with van der Waals surface area (Å²) in [5.74, 6) is 5.97. The molecule has 19 heteroatoms. The average Bonchev–Trinajstić information content (AvgIpc) is 3.79. The molecule has 9 rings (SSSR count). The van der Waals surface area contributed by atoms with Gasteiger partial charge in [0.25, 0.3) is 0 Å². The van der Waals surface area contributed by atoms with Crippen molar-refractivity contribution in [1.29, 1.82) is 0 Å². The molecule has 0 spiro atoms. The van der Waals surface area contributed by atoms with Gasteiger partial charge in [-0.05, 0) is 98.7 Å². The van der Waals surface area contributed by atoms with Crippen LogP contribution in [0.1, 0.15) is 103 Å². The molecule has 8 bridgehead atoms. The molecule has 296 valence electrons. The van der Waals surface area contributed by atoms with E-state index >= 15 is 0 Å². The van der Waals surface area contributed by atoms with E-state index in [0.717, 1.165) is 47.3 Å². The summed E-state index contributed by atoms with van der Waals surface area (Å²) in [5.41, 5.74) is 0. The quantitative estimate of drug-likeness (QED) is 0.0997. The number of nitrogens with one attached hydrogen (secondary N) is 8. The van der Waals surface area contributed by atoms with Crippen molar-refractivity contribution in [2.75, 3.05) is 0 Å². The topological polar surface area (TPSA) is 211 Å². The Morgan fingerprint density at radius 1 is 0.333 bits per heavy atom. The van der Waals surface area contributed by atoms with E-state index < -0.39 is 18.7 Å². The second-order valence-electron chi connectivity index (χ2n) is 16.4. The SMILES string of the molecule is C1CCC2C3NC(NC4NC(NC5NC(NC6NC(N3)C3CCCCC63)C3CCCCC53)C3CCCCC43)C2C1.O=S(=O)([O-])Cl.O=S(=O)([O-])Cl.[Ni+2]. The summed E-state index contributed by atoms with van der Waals surface area (Å²) in [6.07, 6.45) is 25.6. The molecule has 14 nitrogen and oxygen atoms in total. The second kappa shape index (κ2) is 17.4.